The SMILES string of the molecule is COCOc1cc(OCCCNc2ccccn2)cc2c1C(=O)O[C@@H](C)[C@H](C)C=CC(OC(=O)c1ccccc1)C1OC(C)(C)O[C@H]1CC=C2. The van der Waals surface area contributed by atoms with Crippen LogP contribution in [-0.4, -0.2) is 74.2 Å². The van der Waals surface area contributed by atoms with Crippen molar-refractivity contribution in [3.05, 3.63) is 102 Å². The van der Waals surface area contributed by atoms with Gasteiger partial charge < -0.3 is 38.5 Å². The van der Waals surface area contributed by atoms with E-state index in [4.69, 9.17) is 33.2 Å². The molecule has 0 saturated carbocycles. The number of benzene rings is 2. The summed E-state index contributed by atoms with van der Waals surface area (Å²) in [5.41, 5.74) is 1.22. The molecule has 0 amide bonds. The van der Waals surface area contributed by atoms with Crippen LogP contribution in [0.15, 0.2) is 85.1 Å². The molecule has 5 atom stereocenters. The Morgan fingerprint density at radius 3 is 2.58 bits per heavy atom. The van der Waals surface area contributed by atoms with Gasteiger partial charge in [-0.1, -0.05) is 49.4 Å². The molecule has 1 aromatic heterocycles. The van der Waals surface area contributed by atoms with Crippen LogP contribution in [0.2, 0.25) is 0 Å². The number of hydrogen-bond acceptors (Lipinski definition) is 11. The van der Waals surface area contributed by atoms with Gasteiger partial charge in [-0.2, -0.15) is 0 Å². The van der Waals surface area contributed by atoms with Gasteiger partial charge in [0, 0.05) is 31.8 Å². The van der Waals surface area contributed by atoms with E-state index in [1.54, 1.807) is 48.7 Å². The average Bonchev–Trinajstić information content (AvgIpc) is 3.42. The van der Waals surface area contributed by atoms with E-state index in [0.717, 1.165) is 5.82 Å². The normalized spacial score (nSPS) is 23.1. The molecule has 0 aliphatic carbocycles. The fourth-order valence-corrected chi connectivity index (χ4v) is 5.64. The molecule has 50 heavy (non-hydrogen) atoms. The summed E-state index contributed by atoms with van der Waals surface area (Å²) in [6.45, 7) is 8.39. The minimum Gasteiger partial charge on any atom is -0.493 e. The molecule has 1 saturated heterocycles. The number of aromatic nitrogens is 1. The molecule has 0 spiro atoms. The summed E-state index contributed by atoms with van der Waals surface area (Å²) in [5.74, 6) is -0.630. The monoisotopic (exact) mass is 686 g/mol. The fraction of sp³-hybridized carbons (Fsp3) is 0.410. The Morgan fingerprint density at radius 2 is 1.82 bits per heavy atom. The molecule has 2 aliphatic heterocycles. The van der Waals surface area contributed by atoms with E-state index in [0.29, 0.717) is 42.9 Å². The topological polar surface area (TPSA) is 124 Å². The summed E-state index contributed by atoms with van der Waals surface area (Å²) in [4.78, 5) is 31.3. The number of fused-ring (bicyclic) bond motifs is 2. The molecular formula is C39H46N2O9. The molecule has 0 radical (unpaired) electrons. The van der Waals surface area contributed by atoms with E-state index in [1.165, 1.54) is 7.11 Å². The molecule has 3 heterocycles. The predicted octanol–water partition coefficient (Wildman–Crippen LogP) is 6.85. The number of nitrogens with one attached hydrogen (secondary N) is 1. The van der Waals surface area contributed by atoms with Crippen molar-refractivity contribution in [2.45, 2.75) is 70.7 Å². The van der Waals surface area contributed by atoms with E-state index in [2.05, 4.69) is 10.3 Å². The van der Waals surface area contributed by atoms with Crippen molar-refractivity contribution in [1.29, 1.82) is 0 Å². The van der Waals surface area contributed by atoms with Crippen LogP contribution in [0.1, 0.15) is 66.8 Å². The molecule has 1 fully saturated rings. The molecule has 11 nitrogen and oxygen atoms in total. The largest absolute Gasteiger partial charge is 0.493 e. The maximum Gasteiger partial charge on any atom is 0.342 e. The van der Waals surface area contributed by atoms with Crippen molar-refractivity contribution in [3.63, 3.8) is 0 Å². The lowest BCUT2D eigenvalue weighted by molar-refractivity contribution is -0.152. The Hall–Kier alpha value is -4.71. The number of cyclic esters (lactones) is 1. The highest BCUT2D eigenvalue weighted by Crippen LogP contribution is 2.36. The average molecular weight is 687 g/mol. The van der Waals surface area contributed by atoms with Crippen LogP contribution >= 0.6 is 0 Å². The van der Waals surface area contributed by atoms with Gasteiger partial charge in [-0.05, 0) is 75.6 Å². The Balaban J connectivity index is 1.43. The number of nitrogens with zero attached hydrogens (tertiary/aromatic N) is 1. The first-order valence-electron chi connectivity index (χ1n) is 16.9. The van der Waals surface area contributed by atoms with Gasteiger partial charge in [0.1, 0.15) is 41.2 Å². The van der Waals surface area contributed by atoms with Crippen molar-refractivity contribution in [2.24, 2.45) is 5.92 Å². The maximum absolute atomic E-state index is 13.8. The standard InChI is InChI=1S/C39H46N2O9/c1-26-18-19-31(48-37(42)28-13-7-6-8-14-28)36-32(49-39(3,4)50-36)16-11-15-29-23-30(45-22-12-21-41-34-17-9-10-20-40-34)24-33(46-25-44-5)35(29)38(43)47-27(26)2/h6-11,13-15,17-20,23-24,26-27,31-32,36H,12,16,21-22,25H2,1-5H3,(H,40,41)/t26-,27+,31?,32+,36?/m1/s1. The minimum atomic E-state index is -0.925. The number of esters is 2. The third-order valence-electron chi connectivity index (χ3n) is 8.30. The van der Waals surface area contributed by atoms with Gasteiger partial charge in [0.15, 0.2) is 12.6 Å². The van der Waals surface area contributed by atoms with Crippen LogP contribution in [0.4, 0.5) is 5.82 Å². The number of rotatable bonds is 11. The zero-order chi connectivity index (χ0) is 35.5. The Labute approximate surface area is 293 Å². The van der Waals surface area contributed by atoms with Crippen molar-refractivity contribution < 1.29 is 42.7 Å². The second-order valence-corrected chi connectivity index (χ2v) is 12.6. The van der Waals surface area contributed by atoms with Crippen molar-refractivity contribution >= 4 is 23.8 Å². The summed E-state index contributed by atoms with van der Waals surface area (Å²) >= 11 is 0. The van der Waals surface area contributed by atoms with Gasteiger partial charge in [-0.3, -0.25) is 0 Å². The van der Waals surface area contributed by atoms with E-state index in [-0.39, 0.29) is 24.0 Å². The van der Waals surface area contributed by atoms with E-state index >= 15 is 0 Å². The van der Waals surface area contributed by atoms with Gasteiger partial charge in [0.25, 0.3) is 0 Å². The molecule has 2 unspecified atom stereocenters. The van der Waals surface area contributed by atoms with Gasteiger partial charge in [-0.25, -0.2) is 14.6 Å². The molecule has 2 aliphatic rings. The predicted molar refractivity (Wildman–Crippen MR) is 188 cm³/mol. The highest BCUT2D eigenvalue weighted by molar-refractivity contribution is 5.97. The summed E-state index contributed by atoms with van der Waals surface area (Å²) in [6.07, 6.45) is 7.81. The maximum atomic E-state index is 13.8. The van der Waals surface area contributed by atoms with Crippen LogP contribution in [0.3, 0.4) is 0 Å². The minimum absolute atomic E-state index is 0.0807. The summed E-state index contributed by atoms with van der Waals surface area (Å²) < 4.78 is 41.9. The number of methoxy groups -OCH3 is 1. The zero-order valence-corrected chi connectivity index (χ0v) is 29.2. The highest BCUT2D eigenvalue weighted by atomic mass is 16.8. The van der Waals surface area contributed by atoms with Crippen LogP contribution < -0.4 is 14.8 Å². The van der Waals surface area contributed by atoms with E-state index in [1.807, 2.05) is 70.2 Å². The van der Waals surface area contributed by atoms with E-state index < -0.39 is 42.1 Å². The van der Waals surface area contributed by atoms with Crippen LogP contribution in [0, 0.1) is 5.92 Å². The van der Waals surface area contributed by atoms with Crippen LogP contribution in [0.25, 0.3) is 6.08 Å². The van der Waals surface area contributed by atoms with Gasteiger partial charge in [0.05, 0.1) is 18.3 Å². The van der Waals surface area contributed by atoms with Crippen LogP contribution in [-0.2, 0) is 23.7 Å². The fourth-order valence-electron chi connectivity index (χ4n) is 5.64. The quantitative estimate of drug-likeness (QED) is 0.0987. The first-order chi connectivity index (χ1) is 24.1. The first kappa shape index (κ1) is 36.6. The number of carbonyl (C=O) groups is 2. The highest BCUT2D eigenvalue weighted by Gasteiger charge is 2.45. The Bertz CT molecular complexity index is 1630. The summed E-state index contributed by atoms with van der Waals surface area (Å²) in [6, 6.07) is 18.0. The number of carbonyl (C=O) groups excluding carboxylic acids is 2. The molecule has 11 heteroatoms. The zero-order valence-electron chi connectivity index (χ0n) is 29.2. The Kier molecular flexibility index (Phi) is 12.6. The smallest absolute Gasteiger partial charge is 0.342 e. The molecule has 1 N–H and O–H groups in total. The lowest BCUT2D eigenvalue weighted by atomic mass is 9.98. The molecule has 0 bridgehead atoms. The van der Waals surface area contributed by atoms with Crippen molar-refractivity contribution in [1.82, 2.24) is 4.98 Å². The first-order valence-corrected chi connectivity index (χ1v) is 16.9. The van der Waals surface area contributed by atoms with E-state index in [9.17, 15) is 9.59 Å². The lowest BCUT2D eigenvalue weighted by Crippen LogP contribution is -2.37. The molecule has 2 aromatic carbocycles. The third-order valence-corrected chi connectivity index (χ3v) is 8.30. The van der Waals surface area contributed by atoms with Crippen molar-refractivity contribution in [2.75, 3.05) is 32.4 Å². The molecule has 3 aromatic rings. The molecular weight excluding hydrogens is 640 g/mol. The summed E-state index contributed by atoms with van der Waals surface area (Å²) in [5, 5.41) is 3.27. The molecule has 5 rings (SSSR count). The number of hydrogen-bond donors (Lipinski definition) is 1. The Morgan fingerprint density at radius 1 is 1.02 bits per heavy atom. The summed E-state index contributed by atoms with van der Waals surface area (Å²) in [7, 11) is 1.51. The number of pyridine rings is 1. The van der Waals surface area contributed by atoms with Crippen molar-refractivity contribution in [3.8, 4) is 11.5 Å². The second kappa shape index (κ2) is 17.3. The number of anilines is 1. The number of ether oxygens (including phenoxy) is 7. The lowest BCUT2D eigenvalue weighted by Gasteiger charge is -2.25. The third kappa shape index (κ3) is 9.93. The van der Waals surface area contributed by atoms with Crippen LogP contribution in [0.5, 0.6) is 11.5 Å². The van der Waals surface area contributed by atoms with Gasteiger partial charge >= 0.3 is 11.9 Å². The van der Waals surface area contributed by atoms with Gasteiger partial charge in [0.2, 0.25) is 0 Å². The second-order valence-electron chi connectivity index (χ2n) is 12.6. The molecule has 266 valence electrons. The van der Waals surface area contributed by atoms with Gasteiger partial charge in [-0.15, -0.1) is 0 Å².